The first kappa shape index (κ1) is 15.0. The van der Waals surface area contributed by atoms with Gasteiger partial charge in [0.2, 0.25) is 0 Å². The van der Waals surface area contributed by atoms with Crippen LogP contribution >= 0.6 is 15.9 Å². The van der Waals surface area contributed by atoms with Gasteiger partial charge in [0.05, 0.1) is 27.4 Å². The zero-order valence-corrected chi connectivity index (χ0v) is 13.8. The van der Waals surface area contributed by atoms with Crippen molar-refractivity contribution in [1.29, 1.82) is 0 Å². The van der Waals surface area contributed by atoms with Crippen LogP contribution in [-0.2, 0) is 29.3 Å². The molecule has 2 heterocycles. The van der Waals surface area contributed by atoms with Gasteiger partial charge in [0.1, 0.15) is 0 Å². The smallest absolute Gasteiger partial charge is 0.152 e. The fraction of sp³-hybridized carbons (Fsp3) is 0.750. The first-order chi connectivity index (χ1) is 8.96. The lowest BCUT2D eigenvalue weighted by Crippen LogP contribution is -2.40. The highest BCUT2D eigenvalue weighted by molar-refractivity contribution is 9.10. The van der Waals surface area contributed by atoms with Crippen LogP contribution in [0.2, 0.25) is 0 Å². The van der Waals surface area contributed by atoms with Crippen molar-refractivity contribution in [1.82, 2.24) is 14.7 Å². The van der Waals surface area contributed by atoms with Gasteiger partial charge in [0.25, 0.3) is 0 Å². The molecule has 0 unspecified atom stereocenters. The number of aromatic nitrogens is 2. The maximum atomic E-state index is 11.4. The molecule has 1 saturated heterocycles. The Bertz CT molecular complexity index is 540. The molecule has 1 fully saturated rings. The summed E-state index contributed by atoms with van der Waals surface area (Å²) in [5.74, 6) is 0.539. The zero-order valence-electron chi connectivity index (χ0n) is 11.4. The van der Waals surface area contributed by atoms with Crippen molar-refractivity contribution >= 4 is 25.8 Å². The van der Waals surface area contributed by atoms with E-state index < -0.39 is 9.84 Å². The van der Waals surface area contributed by atoms with Gasteiger partial charge in [-0.3, -0.25) is 9.58 Å². The van der Waals surface area contributed by atoms with E-state index in [1.807, 2.05) is 4.68 Å². The topological polar surface area (TPSA) is 55.2 Å². The van der Waals surface area contributed by atoms with Crippen LogP contribution in [0.4, 0.5) is 0 Å². The molecule has 0 aromatic carbocycles. The second kappa shape index (κ2) is 5.93. The van der Waals surface area contributed by atoms with E-state index in [1.54, 1.807) is 0 Å². The average molecular weight is 350 g/mol. The minimum absolute atomic E-state index is 0.269. The zero-order chi connectivity index (χ0) is 14.0. The third-order valence-corrected chi connectivity index (χ3v) is 6.03. The van der Waals surface area contributed by atoms with Crippen LogP contribution in [0.1, 0.15) is 25.2 Å². The van der Waals surface area contributed by atoms with Gasteiger partial charge in [-0.25, -0.2) is 8.42 Å². The Labute approximate surface area is 123 Å². The lowest BCUT2D eigenvalue weighted by molar-refractivity contribution is 0.278. The summed E-state index contributed by atoms with van der Waals surface area (Å²) in [7, 11) is -2.81. The van der Waals surface area contributed by atoms with Crippen molar-refractivity contribution in [2.75, 3.05) is 24.6 Å². The third kappa shape index (κ3) is 3.38. The van der Waals surface area contributed by atoms with Crippen molar-refractivity contribution in [3.05, 3.63) is 15.9 Å². The number of rotatable bonds is 4. The fourth-order valence-corrected chi connectivity index (χ4v) is 4.26. The highest BCUT2D eigenvalue weighted by Crippen LogP contribution is 2.24. The summed E-state index contributed by atoms with van der Waals surface area (Å²) < 4.78 is 26.0. The second-order valence-electron chi connectivity index (χ2n) is 4.80. The molecule has 0 aliphatic carbocycles. The standard InChI is InChI=1S/C12H20BrN3O2S/c1-3-10-12(13)11(16(4-2)14-10)9-15-5-7-19(17,18)8-6-15/h3-9H2,1-2H3. The summed E-state index contributed by atoms with van der Waals surface area (Å²) >= 11 is 3.62. The molecule has 5 nitrogen and oxygen atoms in total. The molecule has 7 heteroatoms. The largest absolute Gasteiger partial charge is 0.295 e. The van der Waals surface area contributed by atoms with Crippen molar-refractivity contribution in [3.63, 3.8) is 0 Å². The van der Waals surface area contributed by atoms with E-state index in [0.29, 0.717) is 13.1 Å². The molecule has 1 aliphatic rings. The van der Waals surface area contributed by atoms with Crippen LogP contribution < -0.4 is 0 Å². The Morgan fingerprint density at radius 2 is 1.89 bits per heavy atom. The Balaban J connectivity index is 2.13. The fourth-order valence-electron chi connectivity index (χ4n) is 2.29. The van der Waals surface area contributed by atoms with Gasteiger partial charge in [-0.05, 0) is 29.3 Å². The van der Waals surface area contributed by atoms with Gasteiger partial charge in [-0.15, -0.1) is 0 Å². The SMILES string of the molecule is CCc1nn(CC)c(CN2CCS(=O)(=O)CC2)c1Br. The molecule has 19 heavy (non-hydrogen) atoms. The van der Waals surface area contributed by atoms with Gasteiger partial charge in [-0.1, -0.05) is 6.92 Å². The Kier molecular flexibility index (Phi) is 4.68. The van der Waals surface area contributed by atoms with Gasteiger partial charge < -0.3 is 0 Å². The van der Waals surface area contributed by atoms with Gasteiger partial charge in [0.15, 0.2) is 9.84 Å². The highest BCUT2D eigenvalue weighted by atomic mass is 79.9. The van der Waals surface area contributed by atoms with E-state index in [9.17, 15) is 8.42 Å². The van der Waals surface area contributed by atoms with Crippen LogP contribution in [0.15, 0.2) is 4.47 Å². The van der Waals surface area contributed by atoms with Gasteiger partial charge in [0, 0.05) is 26.2 Å². The number of aryl methyl sites for hydroxylation is 2. The quantitative estimate of drug-likeness (QED) is 0.825. The van der Waals surface area contributed by atoms with Gasteiger partial charge >= 0.3 is 0 Å². The summed E-state index contributed by atoms with van der Waals surface area (Å²) in [5, 5.41) is 4.57. The van der Waals surface area contributed by atoms with E-state index in [4.69, 9.17) is 0 Å². The van der Waals surface area contributed by atoms with Crippen LogP contribution in [0, 0.1) is 0 Å². The molecule has 0 bridgehead atoms. The van der Waals surface area contributed by atoms with E-state index >= 15 is 0 Å². The van der Waals surface area contributed by atoms with E-state index in [1.165, 1.54) is 0 Å². The maximum Gasteiger partial charge on any atom is 0.152 e. The molecule has 1 aromatic heterocycles. The Morgan fingerprint density at radius 3 is 2.42 bits per heavy atom. The predicted molar refractivity (Wildman–Crippen MR) is 78.9 cm³/mol. The minimum atomic E-state index is -2.81. The summed E-state index contributed by atoms with van der Waals surface area (Å²) in [4.78, 5) is 2.19. The first-order valence-corrected chi connectivity index (χ1v) is 9.25. The van der Waals surface area contributed by atoms with E-state index in [2.05, 4.69) is 39.8 Å². The Morgan fingerprint density at radius 1 is 1.26 bits per heavy atom. The van der Waals surface area contributed by atoms with Crippen molar-refractivity contribution < 1.29 is 8.42 Å². The molecule has 2 rings (SSSR count). The van der Waals surface area contributed by atoms with Gasteiger partial charge in [-0.2, -0.15) is 5.10 Å². The summed E-state index contributed by atoms with van der Waals surface area (Å²) in [6, 6.07) is 0. The molecule has 0 atom stereocenters. The normalized spacial score (nSPS) is 19.7. The maximum absolute atomic E-state index is 11.4. The molecule has 1 aliphatic heterocycles. The van der Waals surface area contributed by atoms with Crippen LogP contribution in [0.25, 0.3) is 0 Å². The van der Waals surface area contributed by atoms with E-state index in [0.717, 1.165) is 35.4 Å². The molecule has 0 saturated carbocycles. The lowest BCUT2D eigenvalue weighted by Gasteiger charge is -2.26. The molecule has 0 radical (unpaired) electrons. The third-order valence-electron chi connectivity index (χ3n) is 3.50. The van der Waals surface area contributed by atoms with Crippen LogP contribution in [0.3, 0.4) is 0 Å². The Hall–Kier alpha value is -0.400. The van der Waals surface area contributed by atoms with Crippen molar-refractivity contribution in [3.8, 4) is 0 Å². The molecule has 108 valence electrons. The van der Waals surface area contributed by atoms with E-state index in [-0.39, 0.29) is 11.5 Å². The first-order valence-electron chi connectivity index (χ1n) is 6.63. The number of hydrogen-bond acceptors (Lipinski definition) is 4. The molecular weight excluding hydrogens is 330 g/mol. The second-order valence-corrected chi connectivity index (χ2v) is 7.90. The number of halogens is 1. The number of nitrogens with zero attached hydrogens (tertiary/aromatic N) is 3. The summed E-state index contributed by atoms with van der Waals surface area (Å²) in [6.45, 7) is 6.99. The number of sulfone groups is 1. The summed E-state index contributed by atoms with van der Waals surface area (Å²) in [6.07, 6.45) is 0.898. The van der Waals surface area contributed by atoms with Crippen molar-refractivity contribution in [2.24, 2.45) is 0 Å². The monoisotopic (exact) mass is 349 g/mol. The highest BCUT2D eigenvalue weighted by Gasteiger charge is 2.24. The minimum Gasteiger partial charge on any atom is -0.295 e. The molecule has 1 aromatic rings. The number of hydrogen-bond donors (Lipinski definition) is 0. The van der Waals surface area contributed by atoms with Crippen LogP contribution in [-0.4, -0.2) is 47.7 Å². The van der Waals surface area contributed by atoms with Crippen molar-refractivity contribution in [2.45, 2.75) is 33.4 Å². The lowest BCUT2D eigenvalue weighted by atomic mass is 10.3. The molecule has 0 amide bonds. The average Bonchev–Trinajstić information content (AvgIpc) is 2.68. The molecule has 0 N–H and O–H groups in total. The molecular formula is C12H20BrN3O2S. The summed E-state index contributed by atoms with van der Waals surface area (Å²) in [5.41, 5.74) is 2.22. The van der Waals surface area contributed by atoms with Crippen LogP contribution in [0.5, 0.6) is 0 Å². The molecule has 0 spiro atoms. The predicted octanol–water partition coefficient (Wildman–Crippen LogP) is 1.46.